The first kappa shape index (κ1) is 42.3. The summed E-state index contributed by atoms with van der Waals surface area (Å²) in [6.07, 6.45) is -0.766. The van der Waals surface area contributed by atoms with Crippen LogP contribution in [0.2, 0.25) is 0 Å². The van der Waals surface area contributed by atoms with Gasteiger partial charge in [0.25, 0.3) is 0 Å². The van der Waals surface area contributed by atoms with Gasteiger partial charge in [0.15, 0.2) is 0 Å². The van der Waals surface area contributed by atoms with Gasteiger partial charge in [-0.1, -0.05) is 140 Å². The summed E-state index contributed by atoms with van der Waals surface area (Å²) in [6.45, 7) is 5.75. The van der Waals surface area contributed by atoms with Gasteiger partial charge < -0.3 is 30.5 Å². The van der Waals surface area contributed by atoms with Crippen LogP contribution in [0.3, 0.4) is 0 Å². The Balaban J connectivity index is 1.21. The Morgan fingerprint density at radius 3 is 1.64 bits per heavy atom. The van der Waals surface area contributed by atoms with Crippen LogP contribution in [-0.4, -0.2) is 59.9 Å². The van der Waals surface area contributed by atoms with Crippen LogP contribution in [0.5, 0.6) is 0 Å². The van der Waals surface area contributed by atoms with Crippen molar-refractivity contribution in [3.8, 4) is 11.1 Å². The Hall–Kier alpha value is -6.26. The van der Waals surface area contributed by atoms with Crippen molar-refractivity contribution in [2.75, 3.05) is 13.2 Å². The van der Waals surface area contributed by atoms with Gasteiger partial charge in [-0.15, -0.1) is 0 Å². The van der Waals surface area contributed by atoms with Crippen LogP contribution in [0.4, 0.5) is 4.79 Å². The van der Waals surface area contributed by atoms with Crippen molar-refractivity contribution in [3.63, 3.8) is 0 Å². The maximum atomic E-state index is 14.3. The molecule has 0 aromatic heterocycles. The molecule has 0 spiro atoms. The van der Waals surface area contributed by atoms with E-state index in [2.05, 4.69) is 40.2 Å². The molecule has 3 amide bonds. The van der Waals surface area contributed by atoms with E-state index >= 15 is 0 Å². The van der Waals surface area contributed by atoms with E-state index in [0.717, 1.165) is 38.9 Å². The summed E-state index contributed by atoms with van der Waals surface area (Å²) in [6, 6.07) is 44.3. The summed E-state index contributed by atoms with van der Waals surface area (Å²) in [5, 5.41) is 18.9. The van der Waals surface area contributed by atoms with Crippen molar-refractivity contribution >= 4 is 23.9 Å². The van der Waals surface area contributed by atoms with Crippen molar-refractivity contribution < 1.29 is 33.8 Å². The lowest BCUT2D eigenvalue weighted by atomic mass is 9.77. The minimum Gasteiger partial charge on any atom is -0.480 e. The number of carboxylic acids is 1. The summed E-state index contributed by atoms with van der Waals surface area (Å²) in [5.74, 6) is -2.28. The molecule has 0 bridgehead atoms. The standard InChI is InChI=1S/C49H53N3O7/c1-48(2,3)59-47(57)50-32-18-17-29-42(46(55)56)51-45(54)43(58-33-41-39-27-15-13-25-37(39)38-26-14-16-28-40(38)41)30-31-44(53)52-49(34-19-7-4-8-20-34,35-21-9-5-10-22-35)36-23-11-6-12-24-36/h4-16,19-28,41-43H,17-18,29-33H2,1-3H3,(H,50,57)(H,51,54)(H,52,53)(H,55,56)/t42-,43-/m1/s1. The molecule has 306 valence electrons. The summed E-state index contributed by atoms with van der Waals surface area (Å²) in [4.78, 5) is 52.9. The van der Waals surface area contributed by atoms with Gasteiger partial charge >= 0.3 is 12.1 Å². The second kappa shape index (κ2) is 19.5. The predicted molar refractivity (Wildman–Crippen MR) is 228 cm³/mol. The Morgan fingerprint density at radius 2 is 1.15 bits per heavy atom. The summed E-state index contributed by atoms with van der Waals surface area (Å²) in [5.41, 5.74) is 5.25. The lowest BCUT2D eigenvalue weighted by Gasteiger charge is -2.37. The number of amides is 3. The molecular formula is C49H53N3O7. The van der Waals surface area contributed by atoms with E-state index in [1.807, 2.05) is 115 Å². The van der Waals surface area contributed by atoms with Gasteiger partial charge in [0.05, 0.1) is 6.61 Å². The quantitative estimate of drug-likeness (QED) is 0.0516. The highest BCUT2D eigenvalue weighted by molar-refractivity contribution is 5.87. The van der Waals surface area contributed by atoms with Gasteiger partial charge in [-0.05, 0) is 85.4 Å². The van der Waals surface area contributed by atoms with E-state index in [4.69, 9.17) is 9.47 Å². The van der Waals surface area contributed by atoms with Crippen molar-refractivity contribution in [2.24, 2.45) is 0 Å². The van der Waals surface area contributed by atoms with Crippen LogP contribution in [0, 0.1) is 0 Å². The number of hydrogen-bond donors (Lipinski definition) is 4. The Labute approximate surface area is 346 Å². The maximum Gasteiger partial charge on any atom is 0.407 e. The highest BCUT2D eigenvalue weighted by Crippen LogP contribution is 2.45. The smallest absolute Gasteiger partial charge is 0.407 e. The van der Waals surface area contributed by atoms with E-state index in [0.29, 0.717) is 12.8 Å². The topological polar surface area (TPSA) is 143 Å². The molecule has 0 fully saturated rings. The molecular weight excluding hydrogens is 743 g/mol. The van der Waals surface area contributed by atoms with Crippen molar-refractivity contribution in [3.05, 3.63) is 167 Å². The highest BCUT2D eigenvalue weighted by Gasteiger charge is 2.38. The predicted octanol–water partition coefficient (Wildman–Crippen LogP) is 8.34. The van der Waals surface area contributed by atoms with Gasteiger partial charge in [-0.3, -0.25) is 9.59 Å². The fourth-order valence-corrected chi connectivity index (χ4v) is 7.76. The van der Waals surface area contributed by atoms with Crippen LogP contribution in [0.15, 0.2) is 140 Å². The van der Waals surface area contributed by atoms with Crippen LogP contribution in [-0.2, 0) is 29.4 Å². The van der Waals surface area contributed by atoms with Crippen LogP contribution < -0.4 is 16.0 Å². The van der Waals surface area contributed by atoms with Crippen molar-refractivity contribution in [1.82, 2.24) is 16.0 Å². The molecule has 4 N–H and O–H groups in total. The van der Waals surface area contributed by atoms with Gasteiger partial charge in [0.1, 0.15) is 23.3 Å². The van der Waals surface area contributed by atoms with Gasteiger partial charge in [0, 0.05) is 18.9 Å². The molecule has 0 aliphatic heterocycles. The second-order valence-corrected chi connectivity index (χ2v) is 15.8. The second-order valence-electron chi connectivity index (χ2n) is 15.8. The number of carbonyl (C=O) groups excluding carboxylic acids is 3. The number of fused-ring (bicyclic) bond motifs is 3. The number of aliphatic carboxylic acids is 1. The molecule has 0 radical (unpaired) electrons. The van der Waals surface area contributed by atoms with Gasteiger partial charge in [0.2, 0.25) is 11.8 Å². The van der Waals surface area contributed by atoms with Crippen molar-refractivity contribution in [2.45, 2.75) is 82.1 Å². The largest absolute Gasteiger partial charge is 0.480 e. The van der Waals surface area contributed by atoms with Gasteiger partial charge in [-0.2, -0.15) is 0 Å². The zero-order chi connectivity index (χ0) is 41.8. The number of alkyl carbamates (subject to hydrolysis) is 1. The molecule has 0 saturated heterocycles. The molecule has 0 saturated carbocycles. The third kappa shape index (κ3) is 10.6. The van der Waals surface area contributed by atoms with E-state index in [1.54, 1.807) is 20.8 Å². The molecule has 10 heteroatoms. The lowest BCUT2D eigenvalue weighted by Crippen LogP contribution is -2.49. The minimum absolute atomic E-state index is 0.00568. The molecule has 10 nitrogen and oxygen atoms in total. The molecule has 1 aliphatic carbocycles. The average Bonchev–Trinajstić information content (AvgIpc) is 3.55. The normalized spacial score (nSPS) is 13.3. The zero-order valence-corrected chi connectivity index (χ0v) is 33.9. The number of ether oxygens (including phenoxy) is 2. The SMILES string of the molecule is CC(C)(C)OC(=O)NCCCC[C@@H](NC(=O)[C@@H](CCC(=O)NC(c1ccccc1)(c1ccccc1)c1ccccc1)OCC1c2ccccc2-c2ccccc21)C(=O)O. The first-order valence-corrected chi connectivity index (χ1v) is 20.2. The first-order chi connectivity index (χ1) is 28.5. The third-order valence-corrected chi connectivity index (χ3v) is 10.5. The number of carbonyl (C=O) groups is 4. The van der Waals surface area contributed by atoms with E-state index < -0.39 is 41.3 Å². The Bertz CT molecular complexity index is 2050. The molecule has 1 aliphatic rings. The number of rotatable bonds is 18. The molecule has 0 unspecified atom stereocenters. The first-order valence-electron chi connectivity index (χ1n) is 20.2. The molecule has 0 heterocycles. The molecule has 2 atom stereocenters. The average molecular weight is 796 g/mol. The molecule has 5 aromatic rings. The number of unbranched alkanes of at least 4 members (excludes halogenated alkanes) is 1. The fourth-order valence-electron chi connectivity index (χ4n) is 7.76. The number of carboxylic acid groups (broad SMARTS) is 1. The highest BCUT2D eigenvalue weighted by atomic mass is 16.6. The maximum absolute atomic E-state index is 14.3. The minimum atomic E-state index is -1.21. The summed E-state index contributed by atoms with van der Waals surface area (Å²) < 4.78 is 11.8. The number of hydrogen-bond acceptors (Lipinski definition) is 6. The molecule has 6 rings (SSSR count). The van der Waals surface area contributed by atoms with E-state index in [-0.39, 0.29) is 44.2 Å². The molecule has 5 aromatic carbocycles. The Kier molecular flexibility index (Phi) is 14.0. The van der Waals surface area contributed by atoms with Gasteiger partial charge in [-0.25, -0.2) is 9.59 Å². The Morgan fingerprint density at radius 1 is 0.661 bits per heavy atom. The summed E-state index contributed by atoms with van der Waals surface area (Å²) in [7, 11) is 0. The van der Waals surface area contributed by atoms with Crippen molar-refractivity contribution in [1.29, 1.82) is 0 Å². The fraction of sp³-hybridized carbons (Fsp3) is 0.306. The third-order valence-electron chi connectivity index (χ3n) is 10.5. The number of nitrogens with one attached hydrogen (secondary N) is 3. The molecule has 59 heavy (non-hydrogen) atoms. The van der Waals surface area contributed by atoms with Crippen LogP contribution >= 0.6 is 0 Å². The zero-order valence-electron chi connectivity index (χ0n) is 33.9. The van der Waals surface area contributed by atoms with Crippen LogP contribution in [0.25, 0.3) is 11.1 Å². The van der Waals surface area contributed by atoms with E-state index in [1.165, 1.54) is 0 Å². The number of benzene rings is 5. The lowest BCUT2D eigenvalue weighted by molar-refractivity contribution is -0.145. The monoisotopic (exact) mass is 795 g/mol. The van der Waals surface area contributed by atoms with Crippen LogP contribution in [0.1, 0.15) is 86.6 Å². The summed E-state index contributed by atoms with van der Waals surface area (Å²) >= 11 is 0. The van der Waals surface area contributed by atoms with E-state index in [9.17, 15) is 24.3 Å².